The van der Waals surface area contributed by atoms with E-state index < -0.39 is 22.5 Å². The highest BCUT2D eigenvalue weighted by molar-refractivity contribution is 7.89. The van der Waals surface area contributed by atoms with Crippen molar-refractivity contribution in [2.24, 2.45) is 0 Å². The molecule has 0 saturated heterocycles. The Morgan fingerprint density at radius 2 is 1.61 bits per heavy atom. The van der Waals surface area contributed by atoms with Crippen LogP contribution >= 0.6 is 0 Å². The molecule has 2 amide bonds. The van der Waals surface area contributed by atoms with E-state index in [0.29, 0.717) is 30.4 Å². The van der Waals surface area contributed by atoms with Crippen LogP contribution in [0.2, 0.25) is 0 Å². The fraction of sp³-hybridized carbons (Fsp3) is 0.333. The monoisotopic (exact) mass is 447 g/mol. The number of hydrogen-bond acceptors (Lipinski definition) is 6. The Balaban J connectivity index is 1.59. The second-order valence-corrected chi connectivity index (χ2v) is 9.28. The molecule has 10 heteroatoms. The zero-order valence-corrected chi connectivity index (χ0v) is 18.4. The molecule has 0 atom stereocenters. The van der Waals surface area contributed by atoms with Crippen LogP contribution in [-0.2, 0) is 19.6 Å². The maximum absolute atomic E-state index is 12.8. The van der Waals surface area contributed by atoms with Gasteiger partial charge in [0.05, 0.1) is 18.0 Å². The van der Waals surface area contributed by atoms with Gasteiger partial charge in [0.25, 0.3) is 0 Å². The first-order valence-electron chi connectivity index (χ1n) is 9.63. The van der Waals surface area contributed by atoms with Crippen molar-refractivity contribution < 1.29 is 27.5 Å². The van der Waals surface area contributed by atoms with Crippen LogP contribution < -0.4 is 14.8 Å². The summed E-state index contributed by atoms with van der Waals surface area (Å²) in [6.45, 7) is 2.06. The molecule has 2 aromatic rings. The minimum Gasteiger partial charge on any atom is -0.486 e. The van der Waals surface area contributed by atoms with E-state index >= 15 is 0 Å². The Hall–Kier alpha value is -3.11. The molecule has 0 saturated carbocycles. The summed E-state index contributed by atoms with van der Waals surface area (Å²) in [7, 11) is -1.18. The number of anilines is 1. The van der Waals surface area contributed by atoms with Crippen molar-refractivity contribution in [1.29, 1.82) is 0 Å². The lowest BCUT2D eigenvalue weighted by Gasteiger charge is -2.23. The summed E-state index contributed by atoms with van der Waals surface area (Å²) in [6.07, 6.45) is 0. The van der Waals surface area contributed by atoms with E-state index in [-0.39, 0.29) is 17.3 Å². The summed E-state index contributed by atoms with van der Waals surface area (Å²) >= 11 is 0. The van der Waals surface area contributed by atoms with Crippen LogP contribution in [0.3, 0.4) is 0 Å². The molecule has 166 valence electrons. The fourth-order valence-electron chi connectivity index (χ4n) is 2.90. The number of hydrogen-bond donors (Lipinski definition) is 1. The van der Waals surface area contributed by atoms with Gasteiger partial charge in [-0.05, 0) is 31.2 Å². The number of rotatable bonds is 7. The number of benzene rings is 2. The zero-order valence-electron chi connectivity index (χ0n) is 17.6. The quantitative estimate of drug-likeness (QED) is 0.689. The number of carbonyl (C=O) groups excluding carboxylic acids is 2. The van der Waals surface area contributed by atoms with Gasteiger partial charge >= 0.3 is 0 Å². The topological polar surface area (TPSA) is 105 Å². The molecule has 1 heterocycles. The molecule has 0 spiro atoms. The number of sulfonamides is 1. The van der Waals surface area contributed by atoms with Gasteiger partial charge in [0.15, 0.2) is 11.5 Å². The van der Waals surface area contributed by atoms with Crippen LogP contribution in [0.5, 0.6) is 11.5 Å². The third-order valence-corrected chi connectivity index (χ3v) is 6.52. The van der Waals surface area contributed by atoms with Gasteiger partial charge in [-0.15, -0.1) is 0 Å². The van der Waals surface area contributed by atoms with Crippen molar-refractivity contribution >= 4 is 27.5 Å². The van der Waals surface area contributed by atoms with Gasteiger partial charge in [-0.2, -0.15) is 4.31 Å². The largest absolute Gasteiger partial charge is 0.486 e. The first kappa shape index (κ1) is 22.6. The zero-order chi connectivity index (χ0) is 22.6. The summed E-state index contributed by atoms with van der Waals surface area (Å²) in [6, 6.07) is 11.6. The predicted octanol–water partition coefficient (Wildman–Crippen LogP) is 1.48. The van der Waals surface area contributed by atoms with Crippen LogP contribution in [0, 0.1) is 6.92 Å². The van der Waals surface area contributed by atoms with Gasteiger partial charge in [0.2, 0.25) is 21.8 Å². The molecular formula is C21H25N3O6S. The second-order valence-electron chi connectivity index (χ2n) is 7.23. The van der Waals surface area contributed by atoms with Crippen molar-refractivity contribution in [2.45, 2.75) is 11.8 Å². The number of fused-ring (bicyclic) bond motifs is 1. The summed E-state index contributed by atoms with van der Waals surface area (Å²) in [4.78, 5) is 25.9. The molecule has 0 aliphatic carbocycles. The average molecular weight is 448 g/mol. The van der Waals surface area contributed by atoms with Crippen molar-refractivity contribution in [3.05, 3.63) is 48.0 Å². The number of nitrogens with one attached hydrogen (secondary N) is 1. The fourth-order valence-corrected chi connectivity index (χ4v) is 4.04. The van der Waals surface area contributed by atoms with E-state index in [9.17, 15) is 18.0 Å². The molecule has 0 fully saturated rings. The molecule has 0 radical (unpaired) electrons. The van der Waals surface area contributed by atoms with Crippen LogP contribution in [0.4, 0.5) is 5.69 Å². The molecule has 31 heavy (non-hydrogen) atoms. The number of aryl methyl sites for hydroxylation is 1. The molecule has 2 aromatic carbocycles. The summed E-state index contributed by atoms with van der Waals surface area (Å²) in [5, 5.41) is 2.70. The molecule has 1 aliphatic heterocycles. The molecule has 9 nitrogen and oxygen atoms in total. The van der Waals surface area contributed by atoms with E-state index in [1.807, 2.05) is 19.1 Å². The first-order chi connectivity index (χ1) is 14.7. The van der Waals surface area contributed by atoms with Gasteiger partial charge in [-0.3, -0.25) is 9.59 Å². The second kappa shape index (κ2) is 9.36. The standard InChI is InChI=1S/C21H25N3O6S/c1-15-4-6-16(7-5-15)22-20(25)13-23(2)21(26)14-24(3)31(27,28)17-8-9-18-19(12-17)30-11-10-29-18/h4-9,12H,10-11,13-14H2,1-3H3,(H,22,25). The Labute approximate surface area is 181 Å². The molecule has 0 bridgehead atoms. The molecule has 1 aliphatic rings. The molecule has 0 aromatic heterocycles. The lowest BCUT2D eigenvalue weighted by atomic mass is 10.2. The lowest BCUT2D eigenvalue weighted by Crippen LogP contribution is -2.42. The third-order valence-electron chi connectivity index (χ3n) is 4.72. The van der Waals surface area contributed by atoms with Gasteiger partial charge in [-0.25, -0.2) is 8.42 Å². The van der Waals surface area contributed by atoms with E-state index in [1.165, 1.54) is 37.2 Å². The SMILES string of the molecule is Cc1ccc(NC(=O)CN(C)C(=O)CN(C)S(=O)(=O)c2ccc3c(c2)OCCO3)cc1. The number of ether oxygens (including phenoxy) is 2. The highest BCUT2D eigenvalue weighted by Crippen LogP contribution is 2.32. The van der Waals surface area contributed by atoms with Crippen molar-refractivity contribution in [3.63, 3.8) is 0 Å². The highest BCUT2D eigenvalue weighted by atomic mass is 32.2. The Morgan fingerprint density at radius 1 is 0.968 bits per heavy atom. The van der Waals surface area contributed by atoms with E-state index in [4.69, 9.17) is 9.47 Å². The Kier molecular flexibility index (Phi) is 6.81. The summed E-state index contributed by atoms with van der Waals surface area (Å²) < 4.78 is 37.5. The van der Waals surface area contributed by atoms with Crippen LogP contribution in [0.25, 0.3) is 0 Å². The average Bonchev–Trinajstić information content (AvgIpc) is 2.74. The van der Waals surface area contributed by atoms with E-state index in [1.54, 1.807) is 12.1 Å². The molecular weight excluding hydrogens is 422 g/mol. The summed E-state index contributed by atoms with van der Waals surface area (Å²) in [5.41, 5.74) is 1.68. The molecule has 3 rings (SSSR count). The van der Waals surface area contributed by atoms with Crippen LogP contribution in [-0.4, -0.2) is 69.8 Å². The molecule has 0 unspecified atom stereocenters. The number of carbonyl (C=O) groups is 2. The molecule has 1 N–H and O–H groups in total. The van der Waals surface area contributed by atoms with Crippen molar-refractivity contribution in [2.75, 3.05) is 45.7 Å². The minimum atomic E-state index is -3.93. The minimum absolute atomic E-state index is 0.00758. The normalized spacial score (nSPS) is 13.0. The van der Waals surface area contributed by atoms with Gasteiger partial charge < -0.3 is 19.7 Å². The third kappa shape index (κ3) is 5.53. The number of likely N-dealkylation sites (N-methyl/N-ethyl adjacent to an activating group) is 2. The van der Waals surface area contributed by atoms with Gasteiger partial charge in [0.1, 0.15) is 13.2 Å². The van der Waals surface area contributed by atoms with Crippen molar-refractivity contribution in [1.82, 2.24) is 9.21 Å². The van der Waals surface area contributed by atoms with E-state index in [0.717, 1.165) is 9.87 Å². The number of nitrogens with zero attached hydrogens (tertiary/aromatic N) is 2. The van der Waals surface area contributed by atoms with Crippen molar-refractivity contribution in [3.8, 4) is 11.5 Å². The van der Waals surface area contributed by atoms with Crippen LogP contribution in [0.15, 0.2) is 47.4 Å². The van der Waals surface area contributed by atoms with Gasteiger partial charge in [-0.1, -0.05) is 17.7 Å². The van der Waals surface area contributed by atoms with E-state index in [2.05, 4.69) is 5.32 Å². The number of amides is 2. The lowest BCUT2D eigenvalue weighted by molar-refractivity contribution is -0.133. The smallest absolute Gasteiger partial charge is 0.243 e. The Morgan fingerprint density at radius 3 is 2.29 bits per heavy atom. The maximum atomic E-state index is 12.8. The van der Waals surface area contributed by atoms with Crippen LogP contribution in [0.1, 0.15) is 5.56 Å². The maximum Gasteiger partial charge on any atom is 0.243 e. The Bertz CT molecular complexity index is 1070. The predicted molar refractivity (Wildman–Crippen MR) is 115 cm³/mol. The van der Waals surface area contributed by atoms with Gasteiger partial charge in [0, 0.05) is 25.8 Å². The first-order valence-corrected chi connectivity index (χ1v) is 11.1. The highest BCUT2D eigenvalue weighted by Gasteiger charge is 2.26. The summed E-state index contributed by atoms with van der Waals surface area (Å²) in [5.74, 6) is -0.0695.